The van der Waals surface area contributed by atoms with Gasteiger partial charge < -0.3 is 9.84 Å². The predicted molar refractivity (Wildman–Crippen MR) is 67.2 cm³/mol. The molecule has 0 spiro atoms. The number of pyridine rings is 1. The first-order valence-electron chi connectivity index (χ1n) is 5.50. The van der Waals surface area contributed by atoms with Crippen molar-refractivity contribution in [1.82, 2.24) is 4.98 Å². The minimum Gasteiger partial charge on any atom is -0.478 e. The third kappa shape index (κ3) is 2.48. The van der Waals surface area contributed by atoms with E-state index in [0.717, 1.165) is 11.1 Å². The van der Waals surface area contributed by atoms with E-state index in [1.165, 1.54) is 18.5 Å². The lowest BCUT2D eigenvalue weighted by atomic mass is 10.1. The lowest BCUT2D eigenvalue weighted by Gasteiger charge is -2.10. The average Bonchev–Trinajstić information content (AvgIpc) is 2.34. The summed E-state index contributed by atoms with van der Waals surface area (Å²) in [5.41, 5.74) is 2.10. The van der Waals surface area contributed by atoms with Crippen LogP contribution in [0.25, 0.3) is 0 Å². The zero-order valence-corrected chi connectivity index (χ0v) is 10.2. The highest BCUT2D eigenvalue weighted by molar-refractivity contribution is 5.90. The summed E-state index contributed by atoms with van der Waals surface area (Å²) < 4.78 is 5.64. The fourth-order valence-corrected chi connectivity index (χ4v) is 1.57. The van der Waals surface area contributed by atoms with E-state index in [0.29, 0.717) is 5.75 Å². The first-order chi connectivity index (χ1) is 8.58. The molecule has 0 radical (unpaired) electrons. The Morgan fingerprint density at radius 2 is 2.00 bits per heavy atom. The molecule has 0 aliphatic heterocycles. The third-order valence-corrected chi connectivity index (χ3v) is 2.58. The van der Waals surface area contributed by atoms with Gasteiger partial charge in [0.2, 0.25) is 0 Å². The van der Waals surface area contributed by atoms with Crippen LogP contribution in [0.4, 0.5) is 0 Å². The number of carbonyl (C=O) groups is 1. The number of hydrogen-bond acceptors (Lipinski definition) is 3. The highest BCUT2D eigenvalue weighted by Crippen LogP contribution is 2.27. The molecule has 1 aromatic heterocycles. The highest BCUT2D eigenvalue weighted by atomic mass is 16.5. The number of carboxylic acid groups (broad SMARTS) is 1. The largest absolute Gasteiger partial charge is 0.478 e. The second kappa shape index (κ2) is 4.87. The van der Waals surface area contributed by atoms with Gasteiger partial charge in [-0.15, -0.1) is 0 Å². The maximum Gasteiger partial charge on any atom is 0.339 e. The molecule has 0 fully saturated rings. The quantitative estimate of drug-likeness (QED) is 0.899. The summed E-state index contributed by atoms with van der Waals surface area (Å²) >= 11 is 0. The molecule has 4 heteroatoms. The van der Waals surface area contributed by atoms with Crippen LogP contribution in [0.2, 0.25) is 0 Å². The van der Waals surface area contributed by atoms with Crippen molar-refractivity contribution >= 4 is 5.97 Å². The molecule has 18 heavy (non-hydrogen) atoms. The summed E-state index contributed by atoms with van der Waals surface area (Å²) in [4.78, 5) is 14.9. The molecule has 1 N–H and O–H groups in total. The maximum atomic E-state index is 11.1. The molecule has 0 aliphatic rings. The van der Waals surface area contributed by atoms with E-state index in [1.54, 1.807) is 0 Å². The number of rotatable bonds is 3. The van der Waals surface area contributed by atoms with Crippen molar-refractivity contribution in [2.75, 3.05) is 0 Å². The van der Waals surface area contributed by atoms with Crippen molar-refractivity contribution in [2.24, 2.45) is 0 Å². The molecule has 1 heterocycles. The Hall–Kier alpha value is -2.36. The summed E-state index contributed by atoms with van der Waals surface area (Å²) in [7, 11) is 0. The molecule has 0 aliphatic carbocycles. The van der Waals surface area contributed by atoms with Crippen LogP contribution in [0.1, 0.15) is 21.5 Å². The number of benzene rings is 1. The second-order valence-electron chi connectivity index (χ2n) is 4.05. The van der Waals surface area contributed by atoms with Crippen molar-refractivity contribution in [3.63, 3.8) is 0 Å². The Balaban J connectivity index is 2.40. The van der Waals surface area contributed by atoms with Crippen LogP contribution in [0.15, 0.2) is 36.7 Å². The van der Waals surface area contributed by atoms with Gasteiger partial charge in [-0.3, -0.25) is 4.98 Å². The van der Waals surface area contributed by atoms with E-state index in [1.807, 2.05) is 32.0 Å². The molecule has 0 saturated carbocycles. The van der Waals surface area contributed by atoms with Crippen LogP contribution in [0, 0.1) is 13.8 Å². The zero-order chi connectivity index (χ0) is 13.1. The zero-order valence-electron chi connectivity index (χ0n) is 10.2. The number of carboxylic acids is 1. The Morgan fingerprint density at radius 3 is 2.72 bits per heavy atom. The topological polar surface area (TPSA) is 59.4 Å². The maximum absolute atomic E-state index is 11.1. The summed E-state index contributed by atoms with van der Waals surface area (Å²) in [5, 5.41) is 9.06. The van der Waals surface area contributed by atoms with Gasteiger partial charge in [0, 0.05) is 6.20 Å². The second-order valence-corrected chi connectivity index (χ2v) is 4.05. The van der Waals surface area contributed by atoms with E-state index in [-0.39, 0.29) is 11.3 Å². The number of ether oxygens (including phenoxy) is 1. The first-order valence-corrected chi connectivity index (χ1v) is 5.50. The lowest BCUT2D eigenvalue weighted by molar-refractivity contribution is 0.0694. The fraction of sp³-hybridized carbons (Fsp3) is 0.143. The van der Waals surface area contributed by atoms with Gasteiger partial charge in [0.1, 0.15) is 11.3 Å². The molecule has 0 amide bonds. The molecule has 1 aromatic carbocycles. The summed E-state index contributed by atoms with van der Waals surface area (Å²) in [6.45, 7) is 3.86. The van der Waals surface area contributed by atoms with Crippen molar-refractivity contribution in [3.05, 3.63) is 53.3 Å². The van der Waals surface area contributed by atoms with E-state index in [4.69, 9.17) is 9.84 Å². The van der Waals surface area contributed by atoms with Gasteiger partial charge in [-0.25, -0.2) is 4.79 Å². The van der Waals surface area contributed by atoms with Crippen LogP contribution in [0.5, 0.6) is 11.5 Å². The Labute approximate surface area is 105 Å². The van der Waals surface area contributed by atoms with Crippen molar-refractivity contribution in [2.45, 2.75) is 13.8 Å². The van der Waals surface area contributed by atoms with E-state index >= 15 is 0 Å². The van der Waals surface area contributed by atoms with Crippen molar-refractivity contribution in [1.29, 1.82) is 0 Å². The van der Waals surface area contributed by atoms with Crippen LogP contribution >= 0.6 is 0 Å². The summed E-state index contributed by atoms with van der Waals surface area (Å²) in [6, 6.07) is 7.20. The smallest absolute Gasteiger partial charge is 0.339 e. The van der Waals surface area contributed by atoms with Gasteiger partial charge in [-0.1, -0.05) is 12.1 Å². The predicted octanol–water partition coefficient (Wildman–Crippen LogP) is 3.19. The Kier molecular flexibility index (Phi) is 3.28. The molecule has 0 saturated heterocycles. The Bertz CT molecular complexity index is 593. The number of hydrogen-bond donors (Lipinski definition) is 1. The molecule has 92 valence electrons. The standard InChI is InChI=1S/C14H13NO3/c1-9-3-4-10(2)12(7-9)18-13-8-15-6-5-11(13)14(16)17/h3-8H,1-2H3,(H,16,17). The van der Waals surface area contributed by atoms with Crippen LogP contribution < -0.4 is 4.74 Å². The van der Waals surface area contributed by atoms with Gasteiger partial charge >= 0.3 is 5.97 Å². The van der Waals surface area contributed by atoms with E-state index in [9.17, 15) is 4.79 Å². The SMILES string of the molecule is Cc1ccc(C)c(Oc2cnccc2C(=O)O)c1. The lowest BCUT2D eigenvalue weighted by Crippen LogP contribution is -2.01. The minimum absolute atomic E-state index is 0.103. The van der Waals surface area contributed by atoms with Crippen molar-refractivity contribution in [3.8, 4) is 11.5 Å². The molecule has 0 unspecified atom stereocenters. The highest BCUT2D eigenvalue weighted by Gasteiger charge is 2.12. The fourth-order valence-electron chi connectivity index (χ4n) is 1.57. The first kappa shape index (κ1) is 12.1. The number of aromatic nitrogens is 1. The minimum atomic E-state index is -1.03. The van der Waals surface area contributed by atoms with Crippen LogP contribution in [0.3, 0.4) is 0 Å². The Morgan fingerprint density at radius 1 is 1.22 bits per heavy atom. The average molecular weight is 243 g/mol. The van der Waals surface area contributed by atoms with Gasteiger partial charge in [-0.05, 0) is 37.1 Å². The monoisotopic (exact) mass is 243 g/mol. The normalized spacial score (nSPS) is 10.1. The summed E-state index contributed by atoms with van der Waals surface area (Å²) in [6.07, 6.45) is 2.84. The number of nitrogens with zero attached hydrogens (tertiary/aromatic N) is 1. The van der Waals surface area contributed by atoms with Crippen LogP contribution in [-0.2, 0) is 0 Å². The molecule has 0 bridgehead atoms. The van der Waals surface area contributed by atoms with Gasteiger partial charge in [0.15, 0.2) is 5.75 Å². The summed E-state index contributed by atoms with van der Waals surface area (Å²) in [5.74, 6) is -0.137. The van der Waals surface area contributed by atoms with Gasteiger partial charge in [-0.2, -0.15) is 0 Å². The number of aromatic carboxylic acids is 1. The molecule has 0 atom stereocenters. The molecule has 4 nitrogen and oxygen atoms in total. The van der Waals surface area contributed by atoms with Gasteiger partial charge in [0.05, 0.1) is 6.20 Å². The van der Waals surface area contributed by atoms with Crippen LogP contribution in [-0.4, -0.2) is 16.1 Å². The third-order valence-electron chi connectivity index (χ3n) is 2.58. The van der Waals surface area contributed by atoms with E-state index in [2.05, 4.69) is 4.98 Å². The molecule has 2 rings (SSSR count). The van der Waals surface area contributed by atoms with Crippen molar-refractivity contribution < 1.29 is 14.6 Å². The molecule has 2 aromatic rings. The van der Waals surface area contributed by atoms with E-state index < -0.39 is 5.97 Å². The molecular formula is C14H13NO3. The van der Waals surface area contributed by atoms with Gasteiger partial charge in [0.25, 0.3) is 0 Å². The number of aryl methyl sites for hydroxylation is 2. The molecular weight excluding hydrogens is 230 g/mol.